The zero-order chi connectivity index (χ0) is 12.0. The second-order valence-corrected chi connectivity index (χ2v) is 6.09. The molecule has 1 fully saturated rings. The van der Waals surface area contributed by atoms with Crippen LogP contribution in [0.4, 0.5) is 0 Å². The second kappa shape index (κ2) is 3.84. The van der Waals surface area contributed by atoms with Crippen molar-refractivity contribution in [2.24, 2.45) is 7.05 Å². The van der Waals surface area contributed by atoms with Crippen LogP contribution in [0.5, 0.6) is 0 Å². The number of aryl methyl sites for hydroxylation is 2. The van der Waals surface area contributed by atoms with E-state index < -0.39 is 0 Å². The number of hydrogen-bond acceptors (Lipinski definition) is 2. The predicted octanol–water partition coefficient (Wildman–Crippen LogP) is 2.11. The molecule has 1 aliphatic carbocycles. The zero-order valence-electron chi connectivity index (χ0n) is 11.2. The first-order chi connectivity index (χ1) is 8.11. The molecule has 0 bridgehead atoms. The Bertz CT molecular complexity index is 411. The van der Waals surface area contributed by atoms with Crippen molar-refractivity contribution >= 4 is 0 Å². The maximum Gasteiger partial charge on any atom is 0.0719 e. The van der Waals surface area contributed by atoms with Gasteiger partial charge in [0.1, 0.15) is 0 Å². The summed E-state index contributed by atoms with van der Waals surface area (Å²) in [7, 11) is 2.05. The normalized spacial score (nSPS) is 23.5. The van der Waals surface area contributed by atoms with Crippen LogP contribution < -0.4 is 0 Å². The van der Waals surface area contributed by atoms with E-state index in [-0.39, 0.29) is 0 Å². The highest BCUT2D eigenvalue weighted by Crippen LogP contribution is 2.45. The van der Waals surface area contributed by atoms with Crippen molar-refractivity contribution in [2.75, 3.05) is 13.1 Å². The molecule has 0 aromatic carbocycles. The fourth-order valence-corrected chi connectivity index (χ4v) is 3.61. The van der Waals surface area contributed by atoms with Gasteiger partial charge in [0.2, 0.25) is 0 Å². The first-order valence-corrected chi connectivity index (χ1v) is 6.88. The minimum Gasteiger partial charge on any atom is -0.301 e. The minimum atomic E-state index is 0.419. The van der Waals surface area contributed by atoms with Gasteiger partial charge in [0.05, 0.1) is 5.69 Å². The van der Waals surface area contributed by atoms with E-state index in [1.807, 2.05) is 4.68 Å². The molecule has 3 rings (SSSR count). The summed E-state index contributed by atoms with van der Waals surface area (Å²) in [5.41, 5.74) is 3.34. The van der Waals surface area contributed by atoms with E-state index in [0.717, 1.165) is 0 Å². The topological polar surface area (TPSA) is 21.1 Å². The molecule has 0 N–H and O–H groups in total. The molecule has 1 spiro atoms. The van der Waals surface area contributed by atoms with Crippen molar-refractivity contribution in [3.63, 3.8) is 0 Å². The lowest BCUT2D eigenvalue weighted by atomic mass is 9.76. The van der Waals surface area contributed by atoms with Gasteiger partial charge in [0.25, 0.3) is 0 Å². The van der Waals surface area contributed by atoms with Crippen LogP contribution >= 0.6 is 0 Å². The molecule has 17 heavy (non-hydrogen) atoms. The van der Waals surface area contributed by atoms with Crippen molar-refractivity contribution in [1.29, 1.82) is 0 Å². The fourth-order valence-electron chi connectivity index (χ4n) is 3.61. The highest BCUT2D eigenvalue weighted by atomic mass is 15.3. The first kappa shape index (κ1) is 11.3. The van der Waals surface area contributed by atoms with Crippen molar-refractivity contribution in [2.45, 2.75) is 51.0 Å². The molecule has 0 atom stereocenters. The zero-order valence-corrected chi connectivity index (χ0v) is 11.2. The van der Waals surface area contributed by atoms with Gasteiger partial charge in [-0.15, -0.1) is 0 Å². The standard InChI is InChI=1S/C14H23N3/c1-11(2)17-8-6-14(7-9-17)5-4-12-10-16(3)15-13(12)14/h10-11H,4-9H2,1-3H3. The van der Waals surface area contributed by atoms with Gasteiger partial charge < -0.3 is 4.90 Å². The Labute approximate surface area is 104 Å². The van der Waals surface area contributed by atoms with Crippen LogP contribution in [-0.2, 0) is 18.9 Å². The van der Waals surface area contributed by atoms with Gasteiger partial charge in [-0.3, -0.25) is 4.68 Å². The molecular formula is C14H23N3. The summed E-state index contributed by atoms with van der Waals surface area (Å²) in [4.78, 5) is 2.60. The maximum atomic E-state index is 4.74. The van der Waals surface area contributed by atoms with Crippen LogP contribution in [0.2, 0.25) is 0 Å². The quantitative estimate of drug-likeness (QED) is 0.741. The molecule has 0 unspecified atom stereocenters. The number of nitrogens with zero attached hydrogens (tertiary/aromatic N) is 3. The average molecular weight is 233 g/mol. The number of likely N-dealkylation sites (tertiary alicyclic amines) is 1. The van der Waals surface area contributed by atoms with E-state index in [1.165, 1.54) is 50.0 Å². The van der Waals surface area contributed by atoms with Crippen LogP contribution in [0.1, 0.15) is 44.4 Å². The molecule has 2 heterocycles. The molecule has 1 aromatic rings. The molecule has 3 nitrogen and oxygen atoms in total. The van der Waals surface area contributed by atoms with Gasteiger partial charge in [0.15, 0.2) is 0 Å². The average Bonchev–Trinajstić information content (AvgIpc) is 2.81. The van der Waals surface area contributed by atoms with E-state index in [2.05, 4.69) is 32.0 Å². The molecule has 0 radical (unpaired) electrons. The lowest BCUT2D eigenvalue weighted by Gasteiger charge is -2.40. The molecule has 1 aliphatic heterocycles. The Hall–Kier alpha value is -0.830. The Morgan fingerprint density at radius 2 is 1.94 bits per heavy atom. The SMILES string of the molecule is CC(C)N1CCC2(CCc3cn(C)nc32)CC1. The van der Waals surface area contributed by atoms with E-state index >= 15 is 0 Å². The predicted molar refractivity (Wildman–Crippen MR) is 69.2 cm³/mol. The summed E-state index contributed by atoms with van der Waals surface area (Å²) in [6.45, 7) is 7.10. The minimum absolute atomic E-state index is 0.419. The number of rotatable bonds is 1. The van der Waals surface area contributed by atoms with E-state index in [0.29, 0.717) is 11.5 Å². The number of aromatic nitrogens is 2. The Balaban J connectivity index is 1.82. The summed E-state index contributed by atoms with van der Waals surface area (Å²) in [6, 6.07) is 0.692. The van der Waals surface area contributed by atoms with E-state index in [4.69, 9.17) is 5.10 Å². The van der Waals surface area contributed by atoms with Gasteiger partial charge in [-0.2, -0.15) is 5.10 Å². The van der Waals surface area contributed by atoms with Crippen LogP contribution in [0, 0.1) is 0 Å². The third-order valence-corrected chi connectivity index (χ3v) is 4.77. The highest BCUT2D eigenvalue weighted by Gasteiger charge is 2.43. The Morgan fingerprint density at radius 3 is 2.59 bits per heavy atom. The summed E-state index contributed by atoms with van der Waals surface area (Å²) in [5.74, 6) is 0. The maximum absolute atomic E-state index is 4.74. The van der Waals surface area contributed by atoms with E-state index in [1.54, 1.807) is 0 Å². The van der Waals surface area contributed by atoms with Gasteiger partial charge in [-0.1, -0.05) is 0 Å². The summed E-state index contributed by atoms with van der Waals surface area (Å²) in [6.07, 6.45) is 7.39. The summed E-state index contributed by atoms with van der Waals surface area (Å²) >= 11 is 0. The molecular weight excluding hydrogens is 210 g/mol. The third-order valence-electron chi connectivity index (χ3n) is 4.77. The monoisotopic (exact) mass is 233 g/mol. The molecule has 94 valence electrons. The van der Waals surface area contributed by atoms with Crippen molar-refractivity contribution in [1.82, 2.24) is 14.7 Å². The van der Waals surface area contributed by atoms with Crippen molar-refractivity contribution in [3.8, 4) is 0 Å². The Morgan fingerprint density at radius 1 is 1.24 bits per heavy atom. The largest absolute Gasteiger partial charge is 0.301 e. The number of piperidine rings is 1. The van der Waals surface area contributed by atoms with Crippen LogP contribution in [0.25, 0.3) is 0 Å². The number of fused-ring (bicyclic) bond motifs is 2. The molecule has 2 aliphatic rings. The van der Waals surface area contributed by atoms with Crippen LogP contribution in [-0.4, -0.2) is 33.8 Å². The van der Waals surface area contributed by atoms with Crippen LogP contribution in [0.15, 0.2) is 6.20 Å². The fraction of sp³-hybridized carbons (Fsp3) is 0.786. The first-order valence-electron chi connectivity index (χ1n) is 6.88. The third kappa shape index (κ3) is 1.71. The van der Waals surface area contributed by atoms with Gasteiger partial charge in [0, 0.05) is 24.7 Å². The molecule has 0 amide bonds. The van der Waals surface area contributed by atoms with Gasteiger partial charge in [-0.05, 0) is 58.2 Å². The summed E-state index contributed by atoms with van der Waals surface area (Å²) in [5, 5.41) is 4.74. The molecule has 1 aromatic heterocycles. The highest BCUT2D eigenvalue weighted by molar-refractivity contribution is 5.33. The molecule has 3 heteroatoms. The molecule has 0 saturated carbocycles. The summed E-state index contributed by atoms with van der Waals surface area (Å²) < 4.78 is 2.00. The number of hydrogen-bond donors (Lipinski definition) is 0. The lowest BCUT2D eigenvalue weighted by Crippen LogP contribution is -2.44. The second-order valence-electron chi connectivity index (χ2n) is 6.09. The van der Waals surface area contributed by atoms with Gasteiger partial charge >= 0.3 is 0 Å². The lowest BCUT2D eigenvalue weighted by molar-refractivity contribution is 0.126. The Kier molecular flexibility index (Phi) is 2.54. The van der Waals surface area contributed by atoms with E-state index in [9.17, 15) is 0 Å². The molecule has 1 saturated heterocycles. The smallest absolute Gasteiger partial charge is 0.0719 e. The van der Waals surface area contributed by atoms with Gasteiger partial charge in [-0.25, -0.2) is 0 Å². The van der Waals surface area contributed by atoms with Crippen LogP contribution in [0.3, 0.4) is 0 Å². The van der Waals surface area contributed by atoms with Crippen molar-refractivity contribution in [3.05, 3.63) is 17.5 Å². The van der Waals surface area contributed by atoms with Crippen molar-refractivity contribution < 1.29 is 0 Å².